The largest absolute Gasteiger partial charge is 0.322 e. The monoisotopic (exact) mass is 369 g/mol. The minimum absolute atomic E-state index is 0.158. The summed E-state index contributed by atoms with van der Waals surface area (Å²) >= 11 is 0. The van der Waals surface area contributed by atoms with Crippen LogP contribution in [0.3, 0.4) is 0 Å². The van der Waals surface area contributed by atoms with E-state index in [4.69, 9.17) is 0 Å². The number of anilines is 1. The Morgan fingerprint density at radius 1 is 1.11 bits per heavy atom. The van der Waals surface area contributed by atoms with Gasteiger partial charge in [-0.25, -0.2) is 13.8 Å². The molecule has 0 spiro atoms. The van der Waals surface area contributed by atoms with Crippen molar-refractivity contribution >= 4 is 11.6 Å². The Labute approximate surface area is 154 Å². The molecule has 7 heteroatoms. The molecule has 0 saturated carbocycles. The summed E-state index contributed by atoms with van der Waals surface area (Å²) < 4.78 is 28.0. The fraction of sp³-hybridized carbons (Fsp3) is 0.150. The Morgan fingerprint density at radius 3 is 2.52 bits per heavy atom. The molecule has 0 unspecified atom stereocenters. The second-order valence-corrected chi connectivity index (χ2v) is 5.89. The molecule has 2 aromatic carbocycles. The summed E-state index contributed by atoms with van der Waals surface area (Å²) in [5.74, 6) is -1.90. The summed E-state index contributed by atoms with van der Waals surface area (Å²) in [7, 11) is 0. The van der Waals surface area contributed by atoms with Gasteiger partial charge in [-0.15, -0.1) is 0 Å². The second kappa shape index (κ2) is 7.90. The van der Waals surface area contributed by atoms with Crippen LogP contribution in [0.2, 0.25) is 0 Å². The maximum atomic E-state index is 13.7. The molecule has 0 aliphatic heterocycles. The van der Waals surface area contributed by atoms with E-state index in [0.717, 1.165) is 12.1 Å². The summed E-state index contributed by atoms with van der Waals surface area (Å²) in [5.41, 5.74) is 0.759. The molecule has 5 nitrogen and oxygen atoms in total. The maximum Gasteiger partial charge on any atom is 0.254 e. The molecule has 0 saturated heterocycles. The van der Waals surface area contributed by atoms with Crippen LogP contribution in [0.15, 0.2) is 59.4 Å². The van der Waals surface area contributed by atoms with Gasteiger partial charge in [-0.1, -0.05) is 37.3 Å². The molecule has 3 aromatic rings. The first-order valence-electron chi connectivity index (χ1n) is 8.39. The standard InChI is InChI=1S/C20H17F2N3O2/c1-2-15-11-19(27)25(20(23-15)13-6-4-3-5-7-13)12-18(26)24-17-9-8-14(21)10-16(17)22/h3-11H,2,12H2,1H3,(H,24,26). The van der Waals surface area contributed by atoms with Gasteiger partial charge in [0, 0.05) is 23.4 Å². The van der Waals surface area contributed by atoms with E-state index in [0.29, 0.717) is 29.6 Å². The number of amides is 1. The number of aryl methyl sites for hydroxylation is 1. The van der Waals surface area contributed by atoms with E-state index in [2.05, 4.69) is 10.3 Å². The number of nitrogens with zero attached hydrogens (tertiary/aromatic N) is 2. The first kappa shape index (κ1) is 18.4. The van der Waals surface area contributed by atoms with E-state index in [1.807, 2.05) is 13.0 Å². The highest BCUT2D eigenvalue weighted by Gasteiger charge is 2.15. The highest BCUT2D eigenvalue weighted by Crippen LogP contribution is 2.17. The number of carbonyl (C=O) groups excluding carboxylic acids is 1. The molecule has 0 radical (unpaired) electrons. The lowest BCUT2D eigenvalue weighted by Crippen LogP contribution is -2.30. The van der Waals surface area contributed by atoms with Gasteiger partial charge in [0.1, 0.15) is 24.0 Å². The Kier molecular flexibility index (Phi) is 5.40. The van der Waals surface area contributed by atoms with E-state index in [1.165, 1.54) is 10.6 Å². The van der Waals surface area contributed by atoms with Crippen molar-refractivity contribution in [2.75, 3.05) is 5.32 Å². The smallest absolute Gasteiger partial charge is 0.254 e. The average molecular weight is 369 g/mol. The highest BCUT2D eigenvalue weighted by atomic mass is 19.1. The van der Waals surface area contributed by atoms with Crippen LogP contribution in [0.1, 0.15) is 12.6 Å². The van der Waals surface area contributed by atoms with Crippen molar-refractivity contribution in [2.45, 2.75) is 19.9 Å². The van der Waals surface area contributed by atoms with Crippen LogP contribution < -0.4 is 10.9 Å². The minimum atomic E-state index is -0.890. The van der Waals surface area contributed by atoms with E-state index >= 15 is 0 Å². The molecular formula is C20H17F2N3O2. The van der Waals surface area contributed by atoms with Crippen molar-refractivity contribution in [1.29, 1.82) is 0 Å². The van der Waals surface area contributed by atoms with E-state index in [-0.39, 0.29) is 17.8 Å². The average Bonchev–Trinajstić information content (AvgIpc) is 2.66. The quantitative estimate of drug-likeness (QED) is 0.750. The molecule has 1 aromatic heterocycles. The van der Waals surface area contributed by atoms with Crippen LogP contribution >= 0.6 is 0 Å². The first-order chi connectivity index (χ1) is 13.0. The van der Waals surface area contributed by atoms with Gasteiger partial charge in [0.25, 0.3) is 5.56 Å². The van der Waals surface area contributed by atoms with Gasteiger partial charge in [0.2, 0.25) is 5.91 Å². The Morgan fingerprint density at radius 2 is 1.85 bits per heavy atom. The van der Waals surface area contributed by atoms with Gasteiger partial charge in [-0.2, -0.15) is 0 Å². The highest BCUT2D eigenvalue weighted by molar-refractivity contribution is 5.90. The Balaban J connectivity index is 1.94. The topological polar surface area (TPSA) is 64.0 Å². The number of aromatic nitrogens is 2. The summed E-state index contributed by atoms with van der Waals surface area (Å²) in [6.07, 6.45) is 0.572. The molecule has 138 valence electrons. The van der Waals surface area contributed by atoms with Crippen molar-refractivity contribution in [3.8, 4) is 11.4 Å². The molecule has 3 rings (SSSR count). The normalized spacial score (nSPS) is 10.6. The molecule has 0 aliphatic rings. The zero-order valence-corrected chi connectivity index (χ0v) is 14.6. The molecule has 0 aliphatic carbocycles. The number of halogens is 2. The summed E-state index contributed by atoms with van der Waals surface area (Å²) in [6, 6.07) is 13.2. The predicted octanol–water partition coefficient (Wildman–Crippen LogP) is 3.39. The number of benzene rings is 2. The molecule has 0 bridgehead atoms. The van der Waals surface area contributed by atoms with Gasteiger partial charge in [0.15, 0.2) is 0 Å². The Hall–Kier alpha value is -3.35. The van der Waals surface area contributed by atoms with E-state index in [9.17, 15) is 18.4 Å². The number of hydrogen-bond acceptors (Lipinski definition) is 3. The van der Waals surface area contributed by atoms with Crippen LogP contribution in [0, 0.1) is 11.6 Å². The van der Waals surface area contributed by atoms with Gasteiger partial charge in [-0.05, 0) is 18.6 Å². The lowest BCUT2D eigenvalue weighted by Gasteiger charge is -2.14. The second-order valence-electron chi connectivity index (χ2n) is 5.89. The molecule has 1 N–H and O–H groups in total. The van der Waals surface area contributed by atoms with Crippen molar-refractivity contribution in [3.63, 3.8) is 0 Å². The van der Waals surface area contributed by atoms with Crippen LogP contribution in [0.5, 0.6) is 0 Å². The summed E-state index contributed by atoms with van der Waals surface area (Å²) in [6.45, 7) is 1.53. The van der Waals surface area contributed by atoms with Gasteiger partial charge in [-0.3, -0.25) is 14.2 Å². The maximum absolute atomic E-state index is 13.7. The summed E-state index contributed by atoms with van der Waals surface area (Å²) in [5, 5.41) is 2.35. The first-order valence-corrected chi connectivity index (χ1v) is 8.39. The third-order valence-corrected chi connectivity index (χ3v) is 3.96. The molecule has 1 heterocycles. The van der Waals surface area contributed by atoms with Crippen molar-refractivity contribution in [2.24, 2.45) is 0 Å². The van der Waals surface area contributed by atoms with Crippen molar-refractivity contribution in [1.82, 2.24) is 9.55 Å². The zero-order valence-electron chi connectivity index (χ0n) is 14.6. The molecule has 27 heavy (non-hydrogen) atoms. The summed E-state index contributed by atoms with van der Waals surface area (Å²) in [4.78, 5) is 29.3. The number of rotatable bonds is 5. The SMILES string of the molecule is CCc1cc(=O)n(CC(=O)Nc2ccc(F)cc2F)c(-c2ccccc2)n1. The molecular weight excluding hydrogens is 352 g/mol. The number of carbonyl (C=O) groups is 1. The van der Waals surface area contributed by atoms with E-state index < -0.39 is 17.5 Å². The van der Waals surface area contributed by atoms with Gasteiger partial charge >= 0.3 is 0 Å². The predicted molar refractivity (Wildman–Crippen MR) is 98.3 cm³/mol. The fourth-order valence-corrected chi connectivity index (χ4v) is 2.62. The van der Waals surface area contributed by atoms with Crippen LogP contribution in [-0.4, -0.2) is 15.5 Å². The van der Waals surface area contributed by atoms with E-state index in [1.54, 1.807) is 24.3 Å². The molecule has 0 fully saturated rings. The lowest BCUT2D eigenvalue weighted by atomic mass is 10.2. The number of hydrogen-bond donors (Lipinski definition) is 1. The van der Waals surface area contributed by atoms with Crippen molar-refractivity contribution < 1.29 is 13.6 Å². The fourth-order valence-electron chi connectivity index (χ4n) is 2.62. The number of nitrogens with one attached hydrogen (secondary N) is 1. The van der Waals surface area contributed by atoms with Crippen LogP contribution in [0.25, 0.3) is 11.4 Å². The van der Waals surface area contributed by atoms with Crippen molar-refractivity contribution in [3.05, 3.63) is 82.3 Å². The third-order valence-electron chi connectivity index (χ3n) is 3.96. The van der Waals surface area contributed by atoms with Gasteiger partial charge in [0.05, 0.1) is 5.69 Å². The zero-order chi connectivity index (χ0) is 19.4. The minimum Gasteiger partial charge on any atom is -0.322 e. The molecule has 0 atom stereocenters. The Bertz CT molecular complexity index is 1030. The van der Waals surface area contributed by atoms with Crippen LogP contribution in [-0.2, 0) is 17.8 Å². The lowest BCUT2D eigenvalue weighted by molar-refractivity contribution is -0.116. The third kappa shape index (κ3) is 4.25. The molecule has 1 amide bonds. The van der Waals surface area contributed by atoms with Gasteiger partial charge < -0.3 is 5.32 Å². The van der Waals surface area contributed by atoms with Crippen LogP contribution in [0.4, 0.5) is 14.5 Å².